The predicted molar refractivity (Wildman–Crippen MR) is 97.4 cm³/mol. The zero-order chi connectivity index (χ0) is 16.5. The van der Waals surface area contributed by atoms with E-state index in [1.807, 2.05) is 24.3 Å². The van der Waals surface area contributed by atoms with Crippen LogP contribution in [0.4, 0.5) is 0 Å². The highest BCUT2D eigenvalue weighted by Gasteiger charge is 2.08. The molecule has 0 saturated heterocycles. The molecule has 0 amide bonds. The van der Waals surface area contributed by atoms with E-state index in [4.69, 9.17) is 0 Å². The number of thiophene rings is 2. The van der Waals surface area contributed by atoms with Gasteiger partial charge in [-0.25, -0.2) is 0 Å². The molecule has 118 valence electrons. The second-order valence-corrected chi connectivity index (χ2v) is 7.54. The van der Waals surface area contributed by atoms with Crippen molar-refractivity contribution in [2.45, 2.75) is 0 Å². The van der Waals surface area contributed by atoms with Crippen LogP contribution < -0.4 is 10.2 Å². The van der Waals surface area contributed by atoms with Crippen LogP contribution in [-0.4, -0.2) is 0 Å². The van der Waals surface area contributed by atoms with E-state index in [0.717, 1.165) is 20.9 Å². The van der Waals surface area contributed by atoms with Crippen molar-refractivity contribution >= 4 is 22.7 Å². The molecule has 2 aromatic heterocycles. The molecule has 0 unspecified atom stereocenters. The van der Waals surface area contributed by atoms with E-state index in [0.29, 0.717) is 0 Å². The summed E-state index contributed by atoms with van der Waals surface area (Å²) in [4.78, 5) is 4.70. The molecule has 24 heavy (non-hydrogen) atoms. The van der Waals surface area contributed by atoms with Gasteiger partial charge in [-0.05, 0) is 35.4 Å². The Labute approximate surface area is 147 Å². The monoisotopic (exact) mass is 348 g/mol. The van der Waals surface area contributed by atoms with Gasteiger partial charge in [0.15, 0.2) is 0 Å². The number of hydrogen-bond donors (Lipinski definition) is 0. The first-order chi connectivity index (χ1) is 11.7. The van der Waals surface area contributed by atoms with Crippen LogP contribution in [-0.2, 0) is 0 Å². The second kappa shape index (κ2) is 6.15. The van der Waals surface area contributed by atoms with Gasteiger partial charge in [0, 0.05) is 19.5 Å². The van der Waals surface area contributed by atoms with Crippen LogP contribution in [0, 0.1) is 0 Å². The summed E-state index contributed by atoms with van der Waals surface area (Å²) in [6.45, 7) is 0. The smallest absolute Gasteiger partial charge is 0.0449 e. The highest BCUT2D eigenvalue weighted by Crippen LogP contribution is 2.40. The summed E-state index contributed by atoms with van der Waals surface area (Å²) in [5.74, 6) is 0.0602. The Balaban J connectivity index is 1.63. The van der Waals surface area contributed by atoms with E-state index in [1.165, 1.54) is 9.75 Å². The summed E-state index contributed by atoms with van der Waals surface area (Å²) in [7, 11) is 0. The van der Waals surface area contributed by atoms with Gasteiger partial charge in [-0.1, -0.05) is 48.5 Å². The Hall–Kier alpha value is -2.56. The van der Waals surface area contributed by atoms with Gasteiger partial charge in [0.2, 0.25) is 0 Å². The first kappa shape index (κ1) is 15.0. The first-order valence-electron chi connectivity index (χ1n) is 7.44. The molecule has 0 aliphatic carbocycles. The second-order valence-electron chi connectivity index (χ2n) is 5.38. The van der Waals surface area contributed by atoms with Crippen LogP contribution in [0.5, 0.6) is 11.5 Å². The average Bonchev–Trinajstić information content (AvgIpc) is 3.25. The Morgan fingerprint density at radius 1 is 0.417 bits per heavy atom. The molecular weight excluding hydrogens is 336 g/mol. The lowest BCUT2D eigenvalue weighted by atomic mass is 10.2. The van der Waals surface area contributed by atoms with Crippen molar-refractivity contribution in [3.8, 4) is 42.1 Å². The fraction of sp³-hybridized carbons (Fsp3) is 0. The van der Waals surface area contributed by atoms with Crippen molar-refractivity contribution in [2.24, 2.45) is 0 Å². The molecule has 0 radical (unpaired) electrons. The van der Waals surface area contributed by atoms with Gasteiger partial charge in [0.05, 0.1) is 0 Å². The first-order valence-corrected chi connectivity index (χ1v) is 9.07. The molecule has 0 N–H and O–H groups in total. The van der Waals surface area contributed by atoms with E-state index in [2.05, 4.69) is 24.3 Å². The van der Waals surface area contributed by atoms with E-state index in [9.17, 15) is 10.2 Å². The third kappa shape index (κ3) is 2.94. The van der Waals surface area contributed by atoms with Crippen LogP contribution >= 0.6 is 22.7 Å². The molecule has 4 aromatic rings. The van der Waals surface area contributed by atoms with E-state index >= 15 is 0 Å². The fourth-order valence-electron chi connectivity index (χ4n) is 2.49. The molecule has 0 aliphatic heterocycles. The van der Waals surface area contributed by atoms with Crippen molar-refractivity contribution in [1.82, 2.24) is 0 Å². The molecule has 4 heteroatoms. The summed E-state index contributed by atoms with van der Waals surface area (Å²) in [6, 6.07) is 22.2. The number of benzene rings is 2. The minimum atomic E-state index is 0.0301. The van der Waals surface area contributed by atoms with Gasteiger partial charge in [0.1, 0.15) is 0 Å². The maximum Gasteiger partial charge on any atom is 0.0449 e. The summed E-state index contributed by atoms with van der Waals surface area (Å²) in [5, 5.41) is 22.4. The minimum Gasteiger partial charge on any atom is -0.872 e. The van der Waals surface area contributed by atoms with Gasteiger partial charge in [-0.2, -0.15) is 0 Å². The summed E-state index contributed by atoms with van der Waals surface area (Å²) in [6.07, 6.45) is 0. The maximum atomic E-state index is 11.2. The lowest BCUT2D eigenvalue weighted by Gasteiger charge is -2.04. The van der Waals surface area contributed by atoms with Crippen LogP contribution in [0.1, 0.15) is 0 Å². The van der Waals surface area contributed by atoms with Crippen LogP contribution in [0.15, 0.2) is 72.8 Å². The number of hydrogen-bond acceptors (Lipinski definition) is 4. The van der Waals surface area contributed by atoms with Crippen molar-refractivity contribution in [3.63, 3.8) is 0 Å². The molecular formula is C20H12O2S2-2. The Morgan fingerprint density at radius 2 is 0.750 bits per heavy atom. The zero-order valence-electron chi connectivity index (χ0n) is 12.6. The largest absolute Gasteiger partial charge is 0.872 e. The zero-order valence-corrected chi connectivity index (χ0v) is 14.2. The van der Waals surface area contributed by atoms with Crippen molar-refractivity contribution in [2.75, 3.05) is 0 Å². The van der Waals surface area contributed by atoms with Gasteiger partial charge >= 0.3 is 0 Å². The third-order valence-corrected chi connectivity index (χ3v) is 6.20. The Morgan fingerprint density at radius 3 is 1.12 bits per heavy atom. The van der Waals surface area contributed by atoms with Gasteiger partial charge < -0.3 is 10.2 Å². The summed E-state index contributed by atoms with van der Waals surface area (Å²) >= 11 is 3.43. The molecule has 0 aliphatic rings. The highest BCUT2D eigenvalue weighted by atomic mass is 32.1. The quantitative estimate of drug-likeness (QED) is 0.525. The summed E-state index contributed by atoms with van der Waals surface area (Å²) in [5.41, 5.74) is 2.13. The highest BCUT2D eigenvalue weighted by molar-refractivity contribution is 7.25. The van der Waals surface area contributed by atoms with Crippen LogP contribution in [0.25, 0.3) is 30.6 Å². The van der Waals surface area contributed by atoms with Crippen molar-refractivity contribution < 1.29 is 10.2 Å². The molecule has 0 bridgehead atoms. The standard InChI is InChI=1S/C20H14O2S2/c21-15-5-1-13(2-6-15)17-9-11-19(23-17)20-12-10-18(24-20)14-3-7-16(22)8-4-14/h1-12,21-22H/p-2. The third-order valence-electron chi connectivity index (χ3n) is 3.73. The SMILES string of the molecule is [O-]c1ccc(-c2ccc(-c3ccc(-c4ccc([O-])cc4)s3)s2)cc1. The lowest BCUT2D eigenvalue weighted by Crippen LogP contribution is -1.87. The van der Waals surface area contributed by atoms with Crippen molar-refractivity contribution in [1.29, 1.82) is 0 Å². The average molecular weight is 348 g/mol. The molecule has 2 nitrogen and oxygen atoms in total. The minimum absolute atomic E-state index is 0.0301. The fourth-order valence-corrected chi connectivity index (χ4v) is 4.60. The predicted octanol–water partition coefficient (Wildman–Crippen LogP) is 4.96. The van der Waals surface area contributed by atoms with E-state index < -0.39 is 0 Å². The van der Waals surface area contributed by atoms with Gasteiger partial charge in [-0.15, -0.1) is 34.2 Å². The normalized spacial score (nSPS) is 10.8. The molecule has 0 spiro atoms. The van der Waals surface area contributed by atoms with Gasteiger partial charge in [0.25, 0.3) is 0 Å². The van der Waals surface area contributed by atoms with Crippen molar-refractivity contribution in [3.05, 3.63) is 72.8 Å². The number of rotatable bonds is 3. The molecule has 2 heterocycles. The Kier molecular flexibility index (Phi) is 3.84. The molecule has 0 atom stereocenters. The van der Waals surface area contributed by atoms with Crippen LogP contribution in [0.3, 0.4) is 0 Å². The van der Waals surface area contributed by atoms with E-state index in [1.54, 1.807) is 46.9 Å². The molecule has 0 saturated carbocycles. The molecule has 0 fully saturated rings. The van der Waals surface area contributed by atoms with Gasteiger partial charge in [-0.3, -0.25) is 0 Å². The van der Waals surface area contributed by atoms with Crippen LogP contribution in [0.2, 0.25) is 0 Å². The lowest BCUT2D eigenvalue weighted by molar-refractivity contribution is -0.268. The summed E-state index contributed by atoms with van der Waals surface area (Å²) < 4.78 is 0. The topological polar surface area (TPSA) is 46.1 Å². The molecule has 4 rings (SSSR count). The molecule has 2 aromatic carbocycles. The maximum absolute atomic E-state index is 11.2. The van der Waals surface area contributed by atoms with E-state index in [-0.39, 0.29) is 11.5 Å². The Bertz CT molecular complexity index is 882.